The molecule has 2 nitrogen and oxygen atoms in total. The molecule has 20 heavy (non-hydrogen) atoms. The summed E-state index contributed by atoms with van der Waals surface area (Å²) in [5.74, 6) is 0. The number of nitrogens with zero attached hydrogens (tertiary/aromatic N) is 1. The van der Waals surface area contributed by atoms with Crippen LogP contribution in [-0.4, -0.2) is 11.4 Å². The second kappa shape index (κ2) is 5.68. The Morgan fingerprint density at radius 1 is 1.10 bits per heavy atom. The molecule has 1 aliphatic heterocycles. The third-order valence-corrected chi connectivity index (χ3v) is 4.28. The summed E-state index contributed by atoms with van der Waals surface area (Å²) in [5.41, 5.74) is 11.1. The first-order valence-electron chi connectivity index (χ1n) is 7.44. The van der Waals surface area contributed by atoms with Crippen molar-refractivity contribution in [3.8, 4) is 0 Å². The minimum absolute atomic E-state index is 0.465. The van der Waals surface area contributed by atoms with Crippen molar-refractivity contribution in [3.05, 3.63) is 65.2 Å². The molecule has 0 bridgehead atoms. The molecule has 2 N–H and O–H groups in total. The number of hydrogen-bond acceptors (Lipinski definition) is 2. The van der Waals surface area contributed by atoms with Gasteiger partial charge >= 0.3 is 0 Å². The second-order valence-corrected chi connectivity index (χ2v) is 5.58. The van der Waals surface area contributed by atoms with Gasteiger partial charge in [-0.2, -0.15) is 0 Å². The molecule has 2 aromatic carbocycles. The molecule has 104 valence electrons. The maximum atomic E-state index is 5.94. The van der Waals surface area contributed by atoms with Crippen LogP contribution in [0.4, 0.5) is 5.69 Å². The Bertz CT molecular complexity index is 591. The van der Waals surface area contributed by atoms with Crippen molar-refractivity contribution in [1.29, 1.82) is 0 Å². The van der Waals surface area contributed by atoms with E-state index < -0.39 is 0 Å². The molecule has 0 amide bonds. The number of hydrogen-bond donors (Lipinski definition) is 1. The largest absolute Gasteiger partial charge is 0.399 e. The van der Waals surface area contributed by atoms with Crippen LogP contribution in [-0.2, 0) is 13.0 Å². The predicted octanol–water partition coefficient (Wildman–Crippen LogP) is 3.78. The molecule has 2 heteroatoms. The highest BCUT2D eigenvalue weighted by Gasteiger charge is 2.23. The van der Waals surface area contributed by atoms with E-state index >= 15 is 0 Å². The average Bonchev–Trinajstić information content (AvgIpc) is 2.48. The molecule has 1 atom stereocenters. The van der Waals surface area contributed by atoms with Gasteiger partial charge in [-0.15, -0.1) is 0 Å². The summed E-state index contributed by atoms with van der Waals surface area (Å²) in [7, 11) is 0. The summed E-state index contributed by atoms with van der Waals surface area (Å²) in [5, 5.41) is 0. The molecular formula is C18H22N2. The highest BCUT2D eigenvalue weighted by atomic mass is 15.2. The van der Waals surface area contributed by atoms with E-state index in [1.54, 1.807) is 0 Å². The van der Waals surface area contributed by atoms with E-state index in [1.807, 2.05) is 6.07 Å². The molecule has 3 rings (SSSR count). The van der Waals surface area contributed by atoms with Crippen LogP contribution in [0.1, 0.15) is 36.1 Å². The lowest BCUT2D eigenvalue weighted by Crippen LogP contribution is -2.33. The van der Waals surface area contributed by atoms with Crippen LogP contribution in [0.2, 0.25) is 0 Å². The summed E-state index contributed by atoms with van der Waals surface area (Å²) >= 11 is 0. The SMILES string of the molecule is CCC(c1cccc(N)c1)N1CCc2ccccc2C1. The Balaban J connectivity index is 1.85. The number of nitrogens with two attached hydrogens (primary N) is 1. The van der Waals surface area contributed by atoms with Crippen LogP contribution in [0.5, 0.6) is 0 Å². The molecule has 0 aliphatic carbocycles. The lowest BCUT2D eigenvalue weighted by atomic mass is 9.95. The average molecular weight is 266 g/mol. The van der Waals surface area contributed by atoms with E-state index in [0.717, 1.165) is 31.6 Å². The Morgan fingerprint density at radius 2 is 1.90 bits per heavy atom. The lowest BCUT2D eigenvalue weighted by molar-refractivity contribution is 0.174. The molecule has 0 fully saturated rings. The zero-order valence-electron chi connectivity index (χ0n) is 12.0. The van der Waals surface area contributed by atoms with Gasteiger partial charge in [-0.05, 0) is 41.7 Å². The number of fused-ring (bicyclic) bond motifs is 1. The van der Waals surface area contributed by atoms with Crippen LogP contribution in [0.25, 0.3) is 0 Å². The first-order chi connectivity index (χ1) is 9.78. The Hall–Kier alpha value is -1.80. The molecule has 1 heterocycles. The molecule has 1 aliphatic rings. The van der Waals surface area contributed by atoms with Gasteiger partial charge in [0.05, 0.1) is 0 Å². The second-order valence-electron chi connectivity index (χ2n) is 5.58. The van der Waals surface area contributed by atoms with Crippen molar-refractivity contribution in [2.75, 3.05) is 12.3 Å². The highest BCUT2D eigenvalue weighted by Crippen LogP contribution is 2.30. The fourth-order valence-corrected chi connectivity index (χ4v) is 3.25. The first-order valence-corrected chi connectivity index (χ1v) is 7.44. The molecule has 0 aromatic heterocycles. The van der Waals surface area contributed by atoms with Crippen molar-refractivity contribution >= 4 is 5.69 Å². The van der Waals surface area contributed by atoms with Gasteiger partial charge in [0.15, 0.2) is 0 Å². The smallest absolute Gasteiger partial charge is 0.0349 e. The summed E-state index contributed by atoms with van der Waals surface area (Å²) in [4.78, 5) is 2.58. The zero-order valence-corrected chi connectivity index (χ0v) is 12.0. The fourth-order valence-electron chi connectivity index (χ4n) is 3.25. The normalized spacial score (nSPS) is 16.6. The Labute approximate surface area is 121 Å². The maximum absolute atomic E-state index is 5.94. The third kappa shape index (κ3) is 2.56. The standard InChI is InChI=1S/C18H22N2/c1-2-18(15-8-5-9-17(19)12-15)20-11-10-14-6-3-4-7-16(14)13-20/h3-9,12,18H,2,10-11,13,19H2,1H3. The monoisotopic (exact) mass is 266 g/mol. The van der Waals surface area contributed by atoms with Crippen LogP contribution >= 0.6 is 0 Å². The summed E-state index contributed by atoms with van der Waals surface area (Å²) in [6.07, 6.45) is 2.26. The highest BCUT2D eigenvalue weighted by molar-refractivity contribution is 5.42. The van der Waals surface area contributed by atoms with Crippen molar-refractivity contribution < 1.29 is 0 Å². The van der Waals surface area contributed by atoms with Gasteiger partial charge in [0, 0.05) is 24.8 Å². The molecule has 0 saturated carbocycles. The van der Waals surface area contributed by atoms with E-state index in [-0.39, 0.29) is 0 Å². The minimum Gasteiger partial charge on any atom is -0.399 e. The molecular weight excluding hydrogens is 244 g/mol. The van der Waals surface area contributed by atoms with E-state index in [2.05, 4.69) is 54.3 Å². The minimum atomic E-state index is 0.465. The maximum Gasteiger partial charge on any atom is 0.0349 e. The van der Waals surface area contributed by atoms with Crippen LogP contribution in [0, 0.1) is 0 Å². The third-order valence-electron chi connectivity index (χ3n) is 4.28. The molecule has 2 aromatic rings. The van der Waals surface area contributed by atoms with E-state index in [9.17, 15) is 0 Å². The molecule has 0 saturated heterocycles. The van der Waals surface area contributed by atoms with Crippen molar-refractivity contribution in [2.45, 2.75) is 32.4 Å². The first kappa shape index (κ1) is 13.2. The summed E-state index contributed by atoms with van der Waals surface area (Å²) in [6, 6.07) is 17.6. The van der Waals surface area contributed by atoms with Crippen LogP contribution < -0.4 is 5.73 Å². The summed E-state index contributed by atoms with van der Waals surface area (Å²) in [6.45, 7) is 4.43. The quantitative estimate of drug-likeness (QED) is 0.857. The van der Waals surface area contributed by atoms with Gasteiger partial charge in [-0.3, -0.25) is 4.90 Å². The lowest BCUT2D eigenvalue weighted by Gasteiger charge is -2.35. The fraction of sp³-hybridized carbons (Fsp3) is 0.333. The van der Waals surface area contributed by atoms with Crippen LogP contribution in [0.15, 0.2) is 48.5 Å². The Kier molecular flexibility index (Phi) is 3.75. The number of benzene rings is 2. The van der Waals surface area contributed by atoms with Gasteiger partial charge in [0.25, 0.3) is 0 Å². The molecule has 1 unspecified atom stereocenters. The number of nitrogen functional groups attached to an aromatic ring is 1. The zero-order chi connectivity index (χ0) is 13.9. The van der Waals surface area contributed by atoms with E-state index in [4.69, 9.17) is 5.73 Å². The number of rotatable bonds is 3. The van der Waals surface area contributed by atoms with Gasteiger partial charge < -0.3 is 5.73 Å². The predicted molar refractivity (Wildman–Crippen MR) is 84.4 cm³/mol. The van der Waals surface area contributed by atoms with Gasteiger partial charge in [-0.25, -0.2) is 0 Å². The van der Waals surface area contributed by atoms with Crippen LogP contribution in [0.3, 0.4) is 0 Å². The van der Waals surface area contributed by atoms with E-state index in [1.165, 1.54) is 16.7 Å². The molecule has 0 radical (unpaired) electrons. The van der Waals surface area contributed by atoms with Crippen molar-refractivity contribution in [1.82, 2.24) is 4.90 Å². The van der Waals surface area contributed by atoms with Gasteiger partial charge in [0.2, 0.25) is 0 Å². The summed E-state index contributed by atoms with van der Waals surface area (Å²) < 4.78 is 0. The topological polar surface area (TPSA) is 29.3 Å². The van der Waals surface area contributed by atoms with Crippen molar-refractivity contribution in [3.63, 3.8) is 0 Å². The number of anilines is 1. The van der Waals surface area contributed by atoms with Crippen molar-refractivity contribution in [2.24, 2.45) is 0 Å². The van der Waals surface area contributed by atoms with E-state index in [0.29, 0.717) is 6.04 Å². The Morgan fingerprint density at radius 3 is 2.65 bits per heavy atom. The molecule has 0 spiro atoms. The van der Waals surface area contributed by atoms with Gasteiger partial charge in [-0.1, -0.05) is 43.3 Å². The van der Waals surface area contributed by atoms with Gasteiger partial charge in [0.1, 0.15) is 0 Å².